The number of carbonyl (C=O) groups is 1. The largest absolute Gasteiger partial charge is 0.491 e. The first-order valence-corrected chi connectivity index (χ1v) is 11.6. The van der Waals surface area contributed by atoms with Crippen LogP contribution in [0.3, 0.4) is 0 Å². The molecular formula is C28H40O4. The van der Waals surface area contributed by atoms with E-state index in [2.05, 4.69) is 45.0 Å². The molecule has 0 radical (unpaired) electrons. The minimum absolute atomic E-state index is 0.0118. The van der Waals surface area contributed by atoms with Crippen LogP contribution in [-0.4, -0.2) is 30.2 Å². The number of hydrogen-bond donors (Lipinski definition) is 1. The van der Waals surface area contributed by atoms with Gasteiger partial charge in [-0.25, -0.2) is 0 Å². The van der Waals surface area contributed by atoms with Crippen LogP contribution in [0.5, 0.6) is 11.5 Å². The van der Waals surface area contributed by atoms with Crippen LogP contribution in [0.1, 0.15) is 76.6 Å². The first-order valence-electron chi connectivity index (χ1n) is 11.6. The lowest BCUT2D eigenvalue weighted by molar-refractivity contribution is -0.118. The molecule has 4 heteroatoms. The molecule has 2 rings (SSSR count). The molecule has 2 aromatic rings. The van der Waals surface area contributed by atoms with Crippen LogP contribution in [-0.2, 0) is 10.2 Å². The lowest BCUT2D eigenvalue weighted by Crippen LogP contribution is -2.32. The van der Waals surface area contributed by atoms with Crippen LogP contribution in [0.15, 0.2) is 36.4 Å². The van der Waals surface area contributed by atoms with Crippen LogP contribution in [0.2, 0.25) is 0 Å². The monoisotopic (exact) mass is 440 g/mol. The zero-order chi connectivity index (χ0) is 24.1. The van der Waals surface area contributed by atoms with Gasteiger partial charge in [-0.3, -0.25) is 4.79 Å². The first-order chi connectivity index (χ1) is 14.9. The van der Waals surface area contributed by atoms with Crippen molar-refractivity contribution in [2.24, 2.45) is 5.41 Å². The van der Waals surface area contributed by atoms with Gasteiger partial charge in [0.05, 0.1) is 6.10 Å². The lowest BCUT2D eigenvalue weighted by atomic mass is 9.70. The second-order valence-corrected chi connectivity index (χ2v) is 9.93. The molecule has 0 heterocycles. The van der Waals surface area contributed by atoms with Crippen molar-refractivity contribution in [3.05, 3.63) is 58.7 Å². The standard InChI is InChI=1S/C28H40O4/c1-9-28(10-2,22-11-13-24(19(3)15-22)31-17-21(5)29)23-12-14-25(20(4)16-23)32-18-26(30)27(6,7)8/h11-16,26,30H,9-10,17-18H2,1-8H3/t26-/m1/s1. The van der Waals surface area contributed by atoms with E-state index < -0.39 is 6.10 Å². The average molecular weight is 441 g/mol. The van der Waals surface area contributed by atoms with Crippen LogP contribution < -0.4 is 9.47 Å². The van der Waals surface area contributed by atoms with Gasteiger partial charge in [-0.2, -0.15) is 0 Å². The van der Waals surface area contributed by atoms with E-state index in [9.17, 15) is 9.90 Å². The minimum atomic E-state index is -0.529. The summed E-state index contributed by atoms with van der Waals surface area (Å²) in [6.45, 7) is 16.4. The Bertz CT molecular complexity index is 920. The maximum atomic E-state index is 11.3. The van der Waals surface area contributed by atoms with Gasteiger partial charge in [0.1, 0.15) is 24.7 Å². The Morgan fingerprint density at radius 3 is 1.75 bits per heavy atom. The predicted molar refractivity (Wildman–Crippen MR) is 131 cm³/mol. The Balaban J connectivity index is 2.34. The smallest absolute Gasteiger partial charge is 0.167 e. The maximum absolute atomic E-state index is 11.3. The molecule has 0 aromatic heterocycles. The molecule has 4 nitrogen and oxygen atoms in total. The maximum Gasteiger partial charge on any atom is 0.167 e. The lowest BCUT2D eigenvalue weighted by Gasteiger charge is -2.34. The molecule has 0 unspecified atom stereocenters. The summed E-state index contributed by atoms with van der Waals surface area (Å²) >= 11 is 0. The molecule has 1 N–H and O–H groups in total. The number of ketones is 1. The molecule has 32 heavy (non-hydrogen) atoms. The van der Waals surface area contributed by atoms with Crippen molar-refractivity contribution >= 4 is 5.78 Å². The molecule has 2 aromatic carbocycles. The highest BCUT2D eigenvalue weighted by atomic mass is 16.5. The van der Waals surface area contributed by atoms with Crippen molar-refractivity contribution < 1.29 is 19.4 Å². The molecule has 0 aliphatic rings. The highest BCUT2D eigenvalue weighted by molar-refractivity contribution is 5.77. The van der Waals surface area contributed by atoms with E-state index in [1.165, 1.54) is 18.1 Å². The molecule has 0 saturated carbocycles. The Morgan fingerprint density at radius 1 is 0.906 bits per heavy atom. The van der Waals surface area contributed by atoms with Gasteiger partial charge in [0, 0.05) is 5.41 Å². The summed E-state index contributed by atoms with van der Waals surface area (Å²) in [5.41, 5.74) is 4.24. The van der Waals surface area contributed by atoms with E-state index in [4.69, 9.17) is 9.47 Å². The van der Waals surface area contributed by atoms with Crippen LogP contribution in [0, 0.1) is 19.3 Å². The van der Waals surface area contributed by atoms with Gasteiger partial charge in [0.25, 0.3) is 0 Å². The predicted octanol–water partition coefficient (Wildman–Crippen LogP) is 6.16. The fourth-order valence-electron chi connectivity index (χ4n) is 4.05. The summed E-state index contributed by atoms with van der Waals surface area (Å²) in [4.78, 5) is 11.3. The SMILES string of the molecule is CCC(CC)(c1ccc(OCC(C)=O)c(C)c1)c1ccc(OC[C@@H](O)C(C)(C)C)c(C)c1. The molecule has 0 aliphatic carbocycles. The highest BCUT2D eigenvalue weighted by Gasteiger charge is 2.32. The van der Waals surface area contributed by atoms with Gasteiger partial charge >= 0.3 is 0 Å². The molecule has 0 saturated heterocycles. The number of benzene rings is 2. The van der Waals surface area contributed by atoms with Crippen molar-refractivity contribution in [2.75, 3.05) is 13.2 Å². The summed E-state index contributed by atoms with van der Waals surface area (Å²) in [6, 6.07) is 12.7. The third-order valence-corrected chi connectivity index (χ3v) is 6.49. The molecule has 1 atom stereocenters. The summed E-state index contributed by atoms with van der Waals surface area (Å²) in [7, 11) is 0. The van der Waals surface area contributed by atoms with E-state index >= 15 is 0 Å². The number of ether oxygens (including phenoxy) is 2. The Morgan fingerprint density at radius 2 is 1.38 bits per heavy atom. The van der Waals surface area contributed by atoms with Gasteiger partial charge in [-0.15, -0.1) is 0 Å². The molecule has 0 fully saturated rings. The second kappa shape index (κ2) is 10.5. The van der Waals surface area contributed by atoms with Crippen molar-refractivity contribution in [3.63, 3.8) is 0 Å². The fraction of sp³-hybridized carbons (Fsp3) is 0.536. The number of aliphatic hydroxyl groups is 1. The second-order valence-electron chi connectivity index (χ2n) is 9.93. The number of rotatable bonds is 10. The highest BCUT2D eigenvalue weighted by Crippen LogP contribution is 2.41. The average Bonchev–Trinajstić information content (AvgIpc) is 2.72. The number of Topliss-reactive ketones (excluding diaryl/α,β-unsaturated/α-hetero) is 1. The zero-order valence-electron chi connectivity index (χ0n) is 21.0. The molecule has 0 aliphatic heterocycles. The van der Waals surface area contributed by atoms with Crippen LogP contribution >= 0.6 is 0 Å². The Kier molecular flexibility index (Phi) is 8.53. The van der Waals surface area contributed by atoms with E-state index in [1.54, 1.807) is 0 Å². The fourth-order valence-corrected chi connectivity index (χ4v) is 4.05. The normalized spacial score (nSPS) is 13.0. The number of carbonyl (C=O) groups excluding carboxylic acids is 1. The summed E-state index contributed by atoms with van der Waals surface area (Å²) in [5, 5.41) is 10.3. The number of aryl methyl sites for hydroxylation is 2. The van der Waals surface area contributed by atoms with E-state index in [1.807, 2.05) is 39.8 Å². The van der Waals surface area contributed by atoms with E-state index in [0.29, 0.717) is 0 Å². The third-order valence-electron chi connectivity index (χ3n) is 6.49. The van der Waals surface area contributed by atoms with Gasteiger partial charge in [0.2, 0.25) is 0 Å². The zero-order valence-corrected chi connectivity index (χ0v) is 21.0. The number of hydrogen-bond acceptors (Lipinski definition) is 4. The summed E-state index contributed by atoms with van der Waals surface area (Å²) in [5.74, 6) is 1.57. The van der Waals surface area contributed by atoms with Crippen molar-refractivity contribution in [1.82, 2.24) is 0 Å². The van der Waals surface area contributed by atoms with Crippen LogP contribution in [0.25, 0.3) is 0 Å². The quantitative estimate of drug-likeness (QED) is 0.480. The molecule has 176 valence electrons. The first kappa shape index (κ1) is 25.9. The summed E-state index contributed by atoms with van der Waals surface area (Å²) in [6.07, 6.45) is 1.39. The van der Waals surface area contributed by atoms with Crippen molar-refractivity contribution in [3.8, 4) is 11.5 Å². The summed E-state index contributed by atoms with van der Waals surface area (Å²) < 4.78 is 11.6. The van der Waals surface area contributed by atoms with Gasteiger partial charge < -0.3 is 14.6 Å². The van der Waals surface area contributed by atoms with Gasteiger partial charge in [0.15, 0.2) is 5.78 Å². The van der Waals surface area contributed by atoms with Crippen molar-refractivity contribution in [2.45, 2.75) is 79.8 Å². The van der Waals surface area contributed by atoms with Crippen LogP contribution in [0.4, 0.5) is 0 Å². The molecular weight excluding hydrogens is 400 g/mol. The van der Waals surface area contributed by atoms with Gasteiger partial charge in [-0.1, -0.05) is 58.9 Å². The Hall–Kier alpha value is -2.33. The molecule has 0 spiro atoms. The molecule has 0 bridgehead atoms. The van der Waals surface area contributed by atoms with Crippen molar-refractivity contribution in [1.29, 1.82) is 0 Å². The minimum Gasteiger partial charge on any atom is -0.491 e. The number of aliphatic hydroxyl groups excluding tert-OH is 1. The van der Waals surface area contributed by atoms with Gasteiger partial charge in [-0.05, 0) is 73.4 Å². The third kappa shape index (κ3) is 5.92. The Labute approximate surface area is 194 Å². The molecule has 0 amide bonds. The van der Waals surface area contributed by atoms with E-state index in [-0.39, 0.29) is 29.8 Å². The van der Waals surface area contributed by atoms with E-state index in [0.717, 1.165) is 35.5 Å². The topological polar surface area (TPSA) is 55.8 Å².